The summed E-state index contributed by atoms with van der Waals surface area (Å²) in [6.45, 7) is 6.02. The van der Waals surface area contributed by atoms with Gasteiger partial charge in [0, 0.05) is 0 Å². The summed E-state index contributed by atoms with van der Waals surface area (Å²) in [5.74, 6) is -0.625. The minimum Gasteiger partial charge on any atom is -0.346 e. The van der Waals surface area contributed by atoms with Crippen LogP contribution >= 0.6 is 34.8 Å². The van der Waals surface area contributed by atoms with E-state index in [2.05, 4.69) is 5.32 Å². The summed E-state index contributed by atoms with van der Waals surface area (Å²) < 4.78 is -1.95. The van der Waals surface area contributed by atoms with Crippen molar-refractivity contribution in [1.82, 2.24) is 5.32 Å². The van der Waals surface area contributed by atoms with Gasteiger partial charge < -0.3 is 5.32 Å². The maximum Gasteiger partial charge on any atom is 0.272 e. The number of amides is 1. The second-order valence-electron chi connectivity index (χ2n) is 5.58. The molecular weight excluding hydrogens is 317 g/mol. The van der Waals surface area contributed by atoms with Gasteiger partial charge in [0.1, 0.15) is 0 Å². The third kappa shape index (κ3) is 5.74. The summed E-state index contributed by atoms with van der Waals surface area (Å²) in [5, 5.41) is 2.75. The SMILES string of the molecule is CC(C)(C)[C@@H](/C=C/c1ccccc1)NC(=O)C(Cl)(Cl)Cl. The van der Waals surface area contributed by atoms with Crippen LogP contribution in [0.25, 0.3) is 6.08 Å². The molecule has 5 heteroatoms. The van der Waals surface area contributed by atoms with Crippen molar-refractivity contribution in [3.8, 4) is 0 Å². The standard InChI is InChI=1S/C15H18Cl3NO/c1-14(2,3)12(19-13(20)15(16,17)18)10-9-11-7-5-4-6-8-11/h4-10,12H,1-3H3,(H,19,20)/b10-9+/t12-/m1/s1. The lowest BCUT2D eigenvalue weighted by Crippen LogP contribution is -2.46. The number of rotatable bonds is 3. The van der Waals surface area contributed by atoms with Gasteiger partial charge in [-0.15, -0.1) is 0 Å². The first kappa shape index (κ1) is 17.4. The normalized spacial score (nSPS) is 14.3. The van der Waals surface area contributed by atoms with Gasteiger partial charge in [0.25, 0.3) is 9.70 Å². The van der Waals surface area contributed by atoms with Gasteiger partial charge in [0.15, 0.2) is 0 Å². The summed E-state index contributed by atoms with van der Waals surface area (Å²) in [6.07, 6.45) is 3.85. The number of halogens is 3. The molecule has 1 N–H and O–H groups in total. The van der Waals surface area contributed by atoms with Gasteiger partial charge in [-0.25, -0.2) is 0 Å². The minimum atomic E-state index is -1.95. The summed E-state index contributed by atoms with van der Waals surface area (Å²) >= 11 is 16.8. The first-order valence-electron chi connectivity index (χ1n) is 6.21. The molecule has 0 spiro atoms. The van der Waals surface area contributed by atoms with Crippen LogP contribution in [0, 0.1) is 5.41 Å². The highest BCUT2D eigenvalue weighted by Crippen LogP contribution is 2.28. The van der Waals surface area contributed by atoms with E-state index in [1.807, 2.05) is 63.3 Å². The molecule has 0 aromatic heterocycles. The van der Waals surface area contributed by atoms with E-state index in [-0.39, 0.29) is 11.5 Å². The van der Waals surface area contributed by atoms with Gasteiger partial charge in [-0.3, -0.25) is 4.79 Å². The Bertz CT molecular complexity index is 472. The minimum absolute atomic E-state index is 0.198. The zero-order valence-corrected chi connectivity index (χ0v) is 13.9. The predicted octanol–water partition coefficient (Wildman–Crippen LogP) is 4.60. The maximum atomic E-state index is 11.8. The Morgan fingerprint density at radius 1 is 1.15 bits per heavy atom. The fourth-order valence-electron chi connectivity index (χ4n) is 1.55. The van der Waals surface area contributed by atoms with E-state index in [0.29, 0.717) is 0 Å². The first-order valence-corrected chi connectivity index (χ1v) is 7.35. The Morgan fingerprint density at radius 2 is 1.70 bits per heavy atom. The molecule has 0 fully saturated rings. The third-order valence-electron chi connectivity index (χ3n) is 2.76. The van der Waals surface area contributed by atoms with Gasteiger partial charge in [0.05, 0.1) is 6.04 Å². The highest BCUT2D eigenvalue weighted by molar-refractivity contribution is 6.76. The smallest absolute Gasteiger partial charge is 0.272 e. The number of benzene rings is 1. The highest BCUT2D eigenvalue weighted by Gasteiger charge is 2.34. The van der Waals surface area contributed by atoms with Crippen LogP contribution in [0.2, 0.25) is 0 Å². The second-order valence-corrected chi connectivity index (χ2v) is 7.87. The van der Waals surface area contributed by atoms with Crippen LogP contribution in [0.3, 0.4) is 0 Å². The molecule has 1 aromatic carbocycles. The fourth-order valence-corrected chi connectivity index (χ4v) is 1.71. The molecule has 0 saturated heterocycles. The van der Waals surface area contributed by atoms with E-state index in [1.54, 1.807) is 0 Å². The zero-order chi connectivity index (χ0) is 15.4. The van der Waals surface area contributed by atoms with Crippen molar-refractivity contribution in [3.63, 3.8) is 0 Å². The summed E-state index contributed by atoms with van der Waals surface area (Å²) in [7, 11) is 0. The van der Waals surface area contributed by atoms with Gasteiger partial charge >= 0.3 is 0 Å². The molecule has 20 heavy (non-hydrogen) atoms. The Hall–Kier alpha value is -0.700. The van der Waals surface area contributed by atoms with Crippen LogP contribution in [0.5, 0.6) is 0 Å². The number of carbonyl (C=O) groups excluding carboxylic acids is 1. The van der Waals surface area contributed by atoms with E-state index in [1.165, 1.54) is 0 Å². The molecular formula is C15H18Cl3NO. The second kappa shape index (κ2) is 6.84. The largest absolute Gasteiger partial charge is 0.346 e. The van der Waals surface area contributed by atoms with E-state index in [9.17, 15) is 4.79 Å². The molecule has 0 aliphatic heterocycles. The molecule has 0 aliphatic rings. The summed E-state index contributed by atoms with van der Waals surface area (Å²) in [5.41, 5.74) is 0.849. The van der Waals surface area contributed by atoms with Crippen LogP contribution in [0.4, 0.5) is 0 Å². The lowest BCUT2D eigenvalue weighted by Gasteiger charge is -2.30. The molecule has 1 amide bonds. The molecule has 110 valence electrons. The summed E-state index contributed by atoms with van der Waals surface area (Å²) in [4.78, 5) is 11.8. The Balaban J connectivity index is 2.87. The average Bonchev–Trinajstić information content (AvgIpc) is 2.32. The number of carbonyl (C=O) groups is 1. The lowest BCUT2D eigenvalue weighted by molar-refractivity contribution is -0.121. The van der Waals surface area contributed by atoms with Crippen LogP contribution < -0.4 is 5.32 Å². The van der Waals surface area contributed by atoms with Crippen LogP contribution in [-0.4, -0.2) is 15.7 Å². The quantitative estimate of drug-likeness (QED) is 0.804. The van der Waals surface area contributed by atoms with Crippen LogP contribution in [0.15, 0.2) is 36.4 Å². The first-order chi connectivity index (χ1) is 9.10. The Morgan fingerprint density at radius 3 is 2.15 bits per heavy atom. The molecule has 0 bridgehead atoms. The number of alkyl halides is 3. The lowest BCUT2D eigenvalue weighted by atomic mass is 9.86. The predicted molar refractivity (Wildman–Crippen MR) is 87.2 cm³/mol. The molecule has 1 atom stereocenters. The van der Waals surface area contributed by atoms with Crippen molar-refractivity contribution >= 4 is 46.8 Å². The molecule has 1 aromatic rings. The van der Waals surface area contributed by atoms with Crippen molar-refractivity contribution in [2.75, 3.05) is 0 Å². The molecule has 0 unspecified atom stereocenters. The number of hydrogen-bond acceptors (Lipinski definition) is 1. The van der Waals surface area contributed by atoms with Crippen LogP contribution in [0.1, 0.15) is 26.3 Å². The van der Waals surface area contributed by atoms with Crippen molar-refractivity contribution in [1.29, 1.82) is 0 Å². The Kier molecular flexibility index (Phi) is 5.93. The molecule has 0 radical (unpaired) electrons. The topological polar surface area (TPSA) is 29.1 Å². The van der Waals surface area contributed by atoms with E-state index < -0.39 is 9.70 Å². The molecule has 1 rings (SSSR count). The van der Waals surface area contributed by atoms with Gasteiger partial charge in [0.2, 0.25) is 0 Å². The zero-order valence-electron chi connectivity index (χ0n) is 11.7. The maximum absolute atomic E-state index is 11.8. The van der Waals surface area contributed by atoms with Crippen molar-refractivity contribution in [2.24, 2.45) is 5.41 Å². The molecule has 2 nitrogen and oxygen atoms in total. The van der Waals surface area contributed by atoms with Gasteiger partial charge in [-0.2, -0.15) is 0 Å². The van der Waals surface area contributed by atoms with Crippen LogP contribution in [-0.2, 0) is 4.79 Å². The van der Waals surface area contributed by atoms with Crippen molar-refractivity contribution in [3.05, 3.63) is 42.0 Å². The van der Waals surface area contributed by atoms with Gasteiger partial charge in [-0.1, -0.05) is 98.1 Å². The Labute approximate surface area is 135 Å². The molecule has 0 saturated carbocycles. The van der Waals surface area contributed by atoms with Gasteiger partial charge in [-0.05, 0) is 11.0 Å². The number of nitrogens with one attached hydrogen (secondary N) is 1. The third-order valence-corrected chi connectivity index (χ3v) is 3.27. The van der Waals surface area contributed by atoms with E-state index in [0.717, 1.165) is 5.56 Å². The average molecular weight is 335 g/mol. The molecule has 0 aliphatic carbocycles. The van der Waals surface area contributed by atoms with E-state index >= 15 is 0 Å². The monoisotopic (exact) mass is 333 g/mol. The molecule has 0 heterocycles. The van der Waals surface area contributed by atoms with Crippen molar-refractivity contribution in [2.45, 2.75) is 30.6 Å². The number of hydrogen-bond donors (Lipinski definition) is 1. The van der Waals surface area contributed by atoms with E-state index in [4.69, 9.17) is 34.8 Å². The fraction of sp³-hybridized carbons (Fsp3) is 0.400. The summed E-state index contributed by atoms with van der Waals surface area (Å²) in [6, 6.07) is 9.56. The van der Waals surface area contributed by atoms with Crippen molar-refractivity contribution < 1.29 is 4.79 Å². The highest BCUT2D eigenvalue weighted by atomic mass is 35.6.